The molecule has 2 amide bonds. The molecule has 1 unspecified atom stereocenters. The zero-order valence-corrected chi connectivity index (χ0v) is 19.4. The van der Waals surface area contributed by atoms with Gasteiger partial charge in [0.25, 0.3) is 11.8 Å². The highest BCUT2D eigenvalue weighted by atomic mass is 32.2. The predicted molar refractivity (Wildman–Crippen MR) is 117 cm³/mol. The highest BCUT2D eigenvalue weighted by Gasteiger charge is 2.57. The van der Waals surface area contributed by atoms with Crippen molar-refractivity contribution in [3.05, 3.63) is 48.6 Å². The summed E-state index contributed by atoms with van der Waals surface area (Å²) in [7, 11) is -6.75. The van der Waals surface area contributed by atoms with E-state index in [4.69, 9.17) is 19.7 Å². The summed E-state index contributed by atoms with van der Waals surface area (Å²) in [5, 5.41) is 11.4. The molecule has 1 aromatic rings. The van der Waals surface area contributed by atoms with E-state index >= 15 is 0 Å². The first-order valence-corrected chi connectivity index (χ1v) is 12.6. The second-order valence-corrected chi connectivity index (χ2v) is 9.94. The van der Waals surface area contributed by atoms with E-state index in [1.807, 2.05) is 0 Å². The molecule has 0 aliphatic carbocycles. The average Bonchev–Trinajstić information content (AvgIpc) is 2.75. The lowest BCUT2D eigenvalue weighted by atomic mass is 9.95. The van der Waals surface area contributed by atoms with Gasteiger partial charge in [0.15, 0.2) is 9.84 Å². The van der Waals surface area contributed by atoms with Crippen molar-refractivity contribution < 1.29 is 46.8 Å². The summed E-state index contributed by atoms with van der Waals surface area (Å²) in [6.07, 6.45) is 0.0767. The molecule has 0 aromatic heterocycles. The van der Waals surface area contributed by atoms with Gasteiger partial charge in [-0.15, -0.1) is 13.2 Å². The lowest BCUT2D eigenvalue weighted by Gasteiger charge is -2.44. The second kappa shape index (κ2) is 12.1. The van der Waals surface area contributed by atoms with Crippen molar-refractivity contribution in [2.24, 2.45) is 0 Å². The molecular weight excluding hydrogens is 479 g/mol. The minimum Gasteiger partial charge on any atom is -0.373 e. The molecule has 5 N–H and O–H groups in total. The van der Waals surface area contributed by atoms with E-state index in [1.54, 1.807) is 0 Å². The van der Waals surface area contributed by atoms with E-state index < -0.39 is 52.6 Å². The Hall–Kier alpha value is -2.56. The number of ether oxygens (including phenoxy) is 1. The van der Waals surface area contributed by atoms with Crippen LogP contribution in [0.1, 0.15) is 22.3 Å². The number of rotatable bonds is 8. The van der Waals surface area contributed by atoms with Crippen LogP contribution in [0.5, 0.6) is 0 Å². The Morgan fingerprint density at radius 3 is 2.27 bits per heavy atom. The molecule has 1 heterocycles. The first-order chi connectivity index (χ1) is 15.4. The van der Waals surface area contributed by atoms with E-state index in [1.165, 1.54) is 36.9 Å². The average molecular weight is 504 g/mol. The monoisotopic (exact) mass is 504 g/mol. The number of nitrogens with one attached hydrogen (secondary N) is 2. The number of sulfone groups is 1. The third-order valence-corrected chi connectivity index (χ3v) is 6.75. The van der Waals surface area contributed by atoms with Crippen molar-refractivity contribution in [2.45, 2.75) is 18.1 Å². The van der Waals surface area contributed by atoms with Crippen LogP contribution in [-0.4, -0.2) is 72.1 Å². The van der Waals surface area contributed by atoms with Crippen LogP contribution < -0.4 is 10.8 Å². The van der Waals surface area contributed by atoms with Gasteiger partial charge in [0.05, 0.1) is 18.1 Å². The number of carbonyl (C=O) groups is 2. The van der Waals surface area contributed by atoms with Crippen LogP contribution in [0, 0.1) is 11.8 Å². The molecule has 1 atom stereocenters. The fourth-order valence-electron chi connectivity index (χ4n) is 2.90. The fraction of sp³-hybridized carbons (Fsp3) is 0.368. The molecule has 0 bridgehead atoms. The largest absolute Gasteiger partial charge is 0.469 e. The summed E-state index contributed by atoms with van der Waals surface area (Å²) >= 11 is 0. The van der Waals surface area contributed by atoms with Gasteiger partial charge in [-0.1, -0.05) is 11.8 Å². The topological polar surface area (TPSA) is 189 Å². The van der Waals surface area contributed by atoms with Gasteiger partial charge in [0.2, 0.25) is 0 Å². The molecule has 0 radical (unpaired) electrons. The summed E-state index contributed by atoms with van der Waals surface area (Å²) in [5.41, 5.74) is 0.554. The van der Waals surface area contributed by atoms with Crippen molar-refractivity contribution in [2.75, 3.05) is 25.2 Å². The molecule has 0 spiro atoms. The van der Waals surface area contributed by atoms with Crippen molar-refractivity contribution in [3.63, 3.8) is 0 Å². The highest BCUT2D eigenvalue weighted by Crippen LogP contribution is 2.35. The first-order valence-electron chi connectivity index (χ1n) is 9.21. The Morgan fingerprint density at radius 1 is 1.24 bits per heavy atom. The molecule has 1 saturated heterocycles. The van der Waals surface area contributed by atoms with Gasteiger partial charge >= 0.3 is 7.82 Å². The van der Waals surface area contributed by atoms with Crippen LogP contribution in [0.4, 0.5) is 0 Å². The van der Waals surface area contributed by atoms with Crippen LogP contribution >= 0.6 is 7.82 Å². The Kier molecular flexibility index (Phi) is 10.4. The molecule has 14 heteroatoms. The normalized spacial score (nSPS) is 16.5. The maximum atomic E-state index is 12.5. The smallest absolute Gasteiger partial charge is 0.373 e. The molecule has 2 rings (SSSR count). The summed E-state index contributed by atoms with van der Waals surface area (Å²) in [4.78, 5) is 41.7. The molecule has 12 nitrogen and oxygen atoms in total. The molecule has 1 aliphatic heterocycles. The second-order valence-electron chi connectivity index (χ2n) is 6.64. The molecule has 1 fully saturated rings. The standard InChI is InChI=1S/C17H21N2O10PS.C2H4/c1-28-17(10-31(26,27)11-17)14(16(21)19-22)18-15(20)13-7-5-12(6-8-13)4-2-3-9-29-30(23,24)25;1-2/h5-8,14,22H,3,9-11H2,1H3,(H,18,20)(H,19,21)(H2,23,24,25);1-2H2. The Labute approximate surface area is 191 Å². The van der Waals surface area contributed by atoms with E-state index in [2.05, 4.69) is 34.8 Å². The van der Waals surface area contributed by atoms with Crippen molar-refractivity contribution in [3.8, 4) is 11.8 Å². The maximum absolute atomic E-state index is 12.5. The van der Waals surface area contributed by atoms with Crippen LogP contribution in [0.3, 0.4) is 0 Å². The van der Waals surface area contributed by atoms with Gasteiger partial charge in [0, 0.05) is 24.7 Å². The number of hydroxylamine groups is 1. The van der Waals surface area contributed by atoms with E-state index in [-0.39, 0.29) is 18.6 Å². The summed E-state index contributed by atoms with van der Waals surface area (Å²) in [6.45, 7) is 5.75. The van der Waals surface area contributed by atoms with Crippen molar-refractivity contribution in [1.29, 1.82) is 0 Å². The van der Waals surface area contributed by atoms with Gasteiger partial charge in [-0.2, -0.15) is 0 Å². The zero-order valence-electron chi connectivity index (χ0n) is 17.7. The van der Waals surface area contributed by atoms with Crippen LogP contribution in [0.15, 0.2) is 37.4 Å². The van der Waals surface area contributed by atoms with Gasteiger partial charge in [0.1, 0.15) is 11.6 Å². The third-order valence-electron chi connectivity index (χ3n) is 4.38. The number of phosphoric ester groups is 1. The van der Waals surface area contributed by atoms with Gasteiger partial charge in [-0.3, -0.25) is 19.3 Å². The minimum atomic E-state index is -4.54. The molecular formula is C19H25N2O10PS. The zero-order chi connectivity index (χ0) is 25.3. The Bertz CT molecular complexity index is 1040. The SMILES string of the molecule is C=C.COC1(C(NC(=O)c2ccc(C#CCCOP(=O)(O)O)cc2)C(=O)NO)CS(=O)(=O)C1. The van der Waals surface area contributed by atoms with E-state index in [9.17, 15) is 22.6 Å². The summed E-state index contributed by atoms with van der Waals surface area (Å²) < 4.78 is 43.2. The van der Waals surface area contributed by atoms with E-state index in [0.717, 1.165) is 0 Å². The Balaban J connectivity index is 0.00000265. The van der Waals surface area contributed by atoms with Gasteiger partial charge in [-0.05, 0) is 24.3 Å². The third kappa shape index (κ3) is 8.38. The summed E-state index contributed by atoms with van der Waals surface area (Å²) in [5.74, 6) is 2.67. The van der Waals surface area contributed by atoms with Crippen molar-refractivity contribution >= 4 is 29.5 Å². The van der Waals surface area contributed by atoms with Crippen molar-refractivity contribution in [1.82, 2.24) is 10.8 Å². The number of benzene rings is 1. The molecule has 182 valence electrons. The number of amides is 2. The lowest BCUT2D eigenvalue weighted by Crippen LogP contribution is -2.71. The number of methoxy groups -OCH3 is 1. The molecule has 1 aromatic carbocycles. The Morgan fingerprint density at radius 2 is 1.82 bits per heavy atom. The van der Waals surface area contributed by atoms with E-state index in [0.29, 0.717) is 5.56 Å². The van der Waals surface area contributed by atoms with Crippen LogP contribution in [-0.2, 0) is 28.5 Å². The number of hydrogen-bond donors (Lipinski definition) is 5. The quantitative estimate of drug-likeness (QED) is 0.0789. The highest BCUT2D eigenvalue weighted by molar-refractivity contribution is 7.93. The van der Waals surface area contributed by atoms with Crippen LogP contribution in [0.25, 0.3) is 0 Å². The van der Waals surface area contributed by atoms with Gasteiger partial charge < -0.3 is 19.8 Å². The molecule has 1 aliphatic rings. The first kappa shape index (κ1) is 28.5. The minimum absolute atomic E-state index is 0.0767. The number of hydrogen-bond acceptors (Lipinski definition) is 8. The molecule has 0 saturated carbocycles. The predicted octanol–water partition coefficient (Wildman–Crippen LogP) is -0.243. The maximum Gasteiger partial charge on any atom is 0.469 e. The number of phosphoric acid groups is 1. The van der Waals surface area contributed by atoms with Gasteiger partial charge in [-0.25, -0.2) is 18.5 Å². The lowest BCUT2D eigenvalue weighted by molar-refractivity contribution is -0.138. The summed E-state index contributed by atoms with van der Waals surface area (Å²) in [6, 6.07) is 4.39. The number of carbonyl (C=O) groups excluding carboxylic acids is 2. The fourth-order valence-corrected chi connectivity index (χ4v) is 5.21. The molecule has 33 heavy (non-hydrogen) atoms. The van der Waals surface area contributed by atoms with Crippen LogP contribution in [0.2, 0.25) is 0 Å².